The van der Waals surface area contributed by atoms with Crippen LogP contribution in [0.2, 0.25) is 10.0 Å². The Morgan fingerprint density at radius 2 is 1.80 bits per heavy atom. The van der Waals surface area contributed by atoms with Gasteiger partial charge in [-0.05, 0) is 70.6 Å². The number of aliphatic hydroxyl groups is 2. The quantitative estimate of drug-likeness (QED) is 0.163. The highest BCUT2D eigenvalue weighted by Gasteiger charge is 2.41. The normalized spacial score (nSPS) is 18.0. The van der Waals surface area contributed by atoms with Crippen LogP contribution in [0.25, 0.3) is 11.0 Å². The molecule has 0 saturated heterocycles. The first-order valence-corrected chi connectivity index (χ1v) is 15.5. The third kappa shape index (κ3) is 7.10. The molecular formula is C32H27Cl2IN2O7. The lowest BCUT2D eigenvalue weighted by molar-refractivity contribution is -0.118. The van der Waals surface area contributed by atoms with Crippen LogP contribution in [0.15, 0.2) is 93.7 Å². The second-order valence-corrected chi connectivity index (χ2v) is 12.1. The number of hydrogen-bond donors (Lipinski definition) is 3. The summed E-state index contributed by atoms with van der Waals surface area (Å²) in [6.07, 6.45) is -0.921. The fraction of sp³-hybridized carbons (Fsp3) is 0.219. The number of aliphatic hydroxyl groups excluding tert-OH is 2. The van der Waals surface area contributed by atoms with Crippen LogP contribution in [0.1, 0.15) is 22.3 Å². The summed E-state index contributed by atoms with van der Waals surface area (Å²) in [5, 5.41) is 24.8. The molecule has 0 unspecified atom stereocenters. The number of ether oxygens (including phenoxy) is 1. The van der Waals surface area contributed by atoms with Gasteiger partial charge >= 0.3 is 5.63 Å². The zero-order chi connectivity index (χ0) is 31.4. The van der Waals surface area contributed by atoms with Gasteiger partial charge in [0.2, 0.25) is 5.91 Å². The van der Waals surface area contributed by atoms with Crippen LogP contribution in [0.5, 0.6) is 5.75 Å². The lowest BCUT2D eigenvalue weighted by Crippen LogP contribution is -2.55. The van der Waals surface area contributed by atoms with E-state index in [2.05, 4.69) is 27.9 Å². The minimum absolute atomic E-state index is 0.00948. The van der Waals surface area contributed by atoms with Crippen molar-refractivity contribution in [2.24, 2.45) is 0 Å². The maximum atomic E-state index is 14.3. The number of amides is 2. The van der Waals surface area contributed by atoms with Gasteiger partial charge in [0.05, 0.1) is 26.3 Å². The zero-order valence-corrected chi connectivity index (χ0v) is 26.8. The summed E-state index contributed by atoms with van der Waals surface area (Å²) in [5.74, 6) is -0.731. The van der Waals surface area contributed by atoms with E-state index in [1.54, 1.807) is 54.6 Å². The Kier molecular flexibility index (Phi) is 10.3. The van der Waals surface area contributed by atoms with E-state index in [0.29, 0.717) is 27.3 Å². The van der Waals surface area contributed by atoms with Gasteiger partial charge in [0.1, 0.15) is 29.1 Å². The number of nitrogens with zero attached hydrogens (tertiary/aromatic N) is 1. The van der Waals surface area contributed by atoms with Crippen molar-refractivity contribution in [2.45, 2.75) is 31.2 Å². The fourth-order valence-corrected chi connectivity index (χ4v) is 5.84. The molecule has 0 spiro atoms. The molecule has 1 aliphatic carbocycles. The van der Waals surface area contributed by atoms with Gasteiger partial charge in [-0.2, -0.15) is 0 Å². The molecule has 228 valence electrons. The van der Waals surface area contributed by atoms with E-state index in [0.717, 1.165) is 3.57 Å². The molecule has 3 atom stereocenters. The first-order chi connectivity index (χ1) is 21.2. The maximum Gasteiger partial charge on any atom is 0.349 e. The average Bonchev–Trinajstić information content (AvgIpc) is 3.02. The lowest BCUT2D eigenvalue weighted by Gasteiger charge is -2.40. The van der Waals surface area contributed by atoms with Crippen molar-refractivity contribution in [3.63, 3.8) is 0 Å². The molecule has 0 saturated carbocycles. The Morgan fingerprint density at radius 3 is 2.55 bits per heavy atom. The molecule has 0 aliphatic heterocycles. The molecule has 0 radical (unpaired) electrons. The number of fused-ring (bicyclic) bond motifs is 1. The minimum Gasteiger partial charge on any atom is -0.482 e. The van der Waals surface area contributed by atoms with E-state index in [1.807, 2.05) is 12.1 Å². The third-order valence-corrected chi connectivity index (χ3v) is 8.81. The van der Waals surface area contributed by atoms with E-state index in [-0.39, 0.29) is 42.3 Å². The average molecular weight is 749 g/mol. The van der Waals surface area contributed by atoms with Gasteiger partial charge in [-0.1, -0.05) is 59.6 Å². The first-order valence-electron chi connectivity index (χ1n) is 13.6. The van der Waals surface area contributed by atoms with E-state index >= 15 is 0 Å². The summed E-state index contributed by atoms with van der Waals surface area (Å²) in [4.78, 5) is 41.8. The Bertz CT molecular complexity index is 1790. The fourth-order valence-electron chi connectivity index (χ4n) is 5.01. The van der Waals surface area contributed by atoms with Crippen molar-refractivity contribution in [3.05, 3.63) is 120 Å². The van der Waals surface area contributed by atoms with Crippen molar-refractivity contribution in [1.29, 1.82) is 0 Å². The van der Waals surface area contributed by atoms with Crippen LogP contribution in [-0.4, -0.2) is 58.3 Å². The SMILES string of the molecule is O=C(NCCO)C1=C[C@H](Oc2ccccc2I)[C@@H](O)[C@H](N(Cc2ccc(Cl)c(Cl)c2)C(=O)c2cc3ccccc3oc2=O)C1. The molecular weight excluding hydrogens is 722 g/mol. The van der Waals surface area contributed by atoms with Crippen molar-refractivity contribution in [1.82, 2.24) is 10.2 Å². The summed E-state index contributed by atoms with van der Waals surface area (Å²) in [5.41, 5.74) is 0.0378. The third-order valence-electron chi connectivity index (χ3n) is 7.18. The number of carbonyl (C=O) groups is 2. The minimum atomic E-state index is -1.32. The van der Waals surface area contributed by atoms with Crippen LogP contribution in [-0.2, 0) is 11.3 Å². The molecule has 0 bridgehead atoms. The molecule has 3 N–H and O–H groups in total. The smallest absolute Gasteiger partial charge is 0.349 e. The molecule has 1 aromatic heterocycles. The molecule has 9 nitrogen and oxygen atoms in total. The highest BCUT2D eigenvalue weighted by atomic mass is 127. The van der Waals surface area contributed by atoms with Gasteiger partial charge in [0, 0.05) is 30.5 Å². The number of carbonyl (C=O) groups excluding carboxylic acids is 2. The van der Waals surface area contributed by atoms with E-state index in [1.165, 1.54) is 17.0 Å². The Hall–Kier alpha value is -3.42. The molecule has 44 heavy (non-hydrogen) atoms. The molecule has 0 fully saturated rings. The second-order valence-electron chi connectivity index (χ2n) is 10.1. The topological polar surface area (TPSA) is 129 Å². The predicted molar refractivity (Wildman–Crippen MR) is 175 cm³/mol. The first kappa shape index (κ1) is 32.0. The van der Waals surface area contributed by atoms with Gasteiger partial charge in [-0.3, -0.25) is 9.59 Å². The van der Waals surface area contributed by atoms with Gasteiger partial charge in [0.25, 0.3) is 5.91 Å². The van der Waals surface area contributed by atoms with Gasteiger partial charge in [-0.25, -0.2) is 4.79 Å². The standard InChI is InChI=1S/C32H27Cl2IN2O7/c33-22-10-9-18(13-23(22)34)17-37(31(41)21-14-19-5-1-3-7-26(19)44-32(21)42)25-15-20(30(40)36-11-12-38)16-28(29(25)39)43-27-8-4-2-6-24(27)35/h1-10,13-14,16,25,28-29,38-39H,11-12,15,17H2,(H,36,40)/t25-,28+,29+/m1/s1. The highest BCUT2D eigenvalue weighted by molar-refractivity contribution is 14.1. The summed E-state index contributed by atoms with van der Waals surface area (Å²) in [7, 11) is 0. The Labute approximate surface area is 276 Å². The summed E-state index contributed by atoms with van der Waals surface area (Å²) < 4.78 is 12.4. The van der Waals surface area contributed by atoms with E-state index < -0.39 is 35.7 Å². The summed E-state index contributed by atoms with van der Waals surface area (Å²) in [6.45, 7) is -0.354. The van der Waals surface area contributed by atoms with Crippen molar-refractivity contribution in [3.8, 4) is 5.75 Å². The molecule has 4 aromatic rings. The van der Waals surface area contributed by atoms with Gasteiger partial charge in [-0.15, -0.1) is 0 Å². The van der Waals surface area contributed by atoms with Crippen molar-refractivity contribution in [2.75, 3.05) is 13.2 Å². The van der Waals surface area contributed by atoms with Crippen LogP contribution in [0.3, 0.4) is 0 Å². The largest absolute Gasteiger partial charge is 0.482 e. The lowest BCUT2D eigenvalue weighted by atomic mass is 9.87. The van der Waals surface area contributed by atoms with E-state index in [9.17, 15) is 24.6 Å². The van der Waals surface area contributed by atoms with Gasteiger partial charge in [0.15, 0.2) is 0 Å². The Morgan fingerprint density at radius 1 is 1.05 bits per heavy atom. The molecule has 2 amide bonds. The molecule has 5 rings (SSSR count). The zero-order valence-electron chi connectivity index (χ0n) is 23.1. The number of benzene rings is 3. The van der Waals surface area contributed by atoms with Crippen LogP contribution in [0.4, 0.5) is 0 Å². The number of nitrogens with one attached hydrogen (secondary N) is 1. The van der Waals surface area contributed by atoms with Crippen molar-refractivity contribution < 1.29 is 29.0 Å². The highest BCUT2D eigenvalue weighted by Crippen LogP contribution is 2.32. The number of hydrogen-bond acceptors (Lipinski definition) is 7. The number of rotatable bonds is 9. The summed E-state index contributed by atoms with van der Waals surface area (Å²) in [6, 6.07) is 19.3. The van der Waals surface area contributed by atoms with Gasteiger partial charge < -0.3 is 29.6 Å². The molecule has 1 aliphatic rings. The predicted octanol–water partition coefficient (Wildman–Crippen LogP) is 4.96. The van der Waals surface area contributed by atoms with E-state index in [4.69, 9.17) is 32.4 Å². The number of para-hydroxylation sites is 2. The van der Waals surface area contributed by atoms with Crippen molar-refractivity contribution >= 4 is 68.6 Å². The van der Waals surface area contributed by atoms with Crippen LogP contribution >= 0.6 is 45.8 Å². The van der Waals surface area contributed by atoms with Crippen LogP contribution in [0, 0.1) is 3.57 Å². The molecule has 3 aromatic carbocycles. The Balaban J connectivity index is 1.59. The molecule has 12 heteroatoms. The number of halogens is 3. The molecule has 1 heterocycles. The maximum absolute atomic E-state index is 14.3. The monoisotopic (exact) mass is 748 g/mol. The summed E-state index contributed by atoms with van der Waals surface area (Å²) >= 11 is 14.5. The van der Waals surface area contributed by atoms with Crippen LogP contribution < -0.4 is 15.7 Å². The second kappa shape index (κ2) is 14.1.